The van der Waals surface area contributed by atoms with Crippen molar-refractivity contribution in [3.05, 3.63) is 90.0 Å². The minimum atomic E-state index is -3.57. The van der Waals surface area contributed by atoms with Crippen molar-refractivity contribution in [2.75, 3.05) is 26.0 Å². The molecule has 1 unspecified atom stereocenters. The molecule has 0 aliphatic carbocycles. The summed E-state index contributed by atoms with van der Waals surface area (Å²) in [4.78, 5) is 39.8. The molecule has 1 saturated heterocycles. The quantitative estimate of drug-likeness (QED) is 0.0857. The molecule has 1 amide bonds. The average Bonchev–Trinajstić information content (AvgIpc) is 3.46. The van der Waals surface area contributed by atoms with Gasteiger partial charge in [0.05, 0.1) is 18.9 Å². The maximum Gasteiger partial charge on any atom is 0.511 e. The minimum absolute atomic E-state index is 0.0371. The molecule has 256 valence electrons. The van der Waals surface area contributed by atoms with Crippen molar-refractivity contribution in [3.63, 3.8) is 0 Å². The smallest absolute Gasteiger partial charge is 0.492 e. The summed E-state index contributed by atoms with van der Waals surface area (Å²) >= 11 is 0. The van der Waals surface area contributed by atoms with Gasteiger partial charge in [0.1, 0.15) is 24.8 Å². The Morgan fingerprint density at radius 2 is 1.58 bits per heavy atom. The van der Waals surface area contributed by atoms with Crippen molar-refractivity contribution < 1.29 is 46.5 Å². The van der Waals surface area contributed by atoms with Crippen LogP contribution in [0.3, 0.4) is 0 Å². The molecule has 1 fully saturated rings. The molecule has 3 aromatic carbocycles. The first-order valence-corrected chi connectivity index (χ1v) is 17.1. The highest BCUT2D eigenvalue weighted by atomic mass is 32.2. The van der Waals surface area contributed by atoms with Crippen LogP contribution >= 0.6 is 0 Å². The van der Waals surface area contributed by atoms with Gasteiger partial charge in [-0.3, -0.25) is 4.79 Å². The van der Waals surface area contributed by atoms with Gasteiger partial charge in [0.15, 0.2) is 0 Å². The van der Waals surface area contributed by atoms with Gasteiger partial charge in [-0.1, -0.05) is 66.7 Å². The number of rotatable bonds is 13. The van der Waals surface area contributed by atoms with Crippen LogP contribution in [-0.2, 0) is 40.4 Å². The van der Waals surface area contributed by atoms with Gasteiger partial charge in [0, 0.05) is 25.5 Å². The van der Waals surface area contributed by atoms with Crippen molar-refractivity contribution in [2.45, 2.75) is 45.6 Å². The number of ether oxygens (including phenoxy) is 5. The first-order chi connectivity index (χ1) is 22.9. The summed E-state index contributed by atoms with van der Waals surface area (Å²) in [5, 5.41) is 0. The molecule has 4 rings (SSSR count). The molecule has 0 bridgehead atoms. The fourth-order valence-corrected chi connectivity index (χ4v) is 6.32. The normalized spacial score (nSPS) is 17.3. The monoisotopic (exact) mass is 681 g/mol. The van der Waals surface area contributed by atoms with Gasteiger partial charge in [-0.15, -0.1) is 0 Å². The molecule has 3 aromatic rings. The average molecular weight is 682 g/mol. The first-order valence-electron chi connectivity index (χ1n) is 15.3. The van der Waals surface area contributed by atoms with Gasteiger partial charge in [0.25, 0.3) is 0 Å². The zero-order chi connectivity index (χ0) is 34.7. The maximum atomic E-state index is 12.5. The molecule has 0 aromatic heterocycles. The number of benzene rings is 3. The Morgan fingerprint density at radius 1 is 0.938 bits per heavy atom. The zero-order valence-electron chi connectivity index (χ0n) is 26.9. The lowest BCUT2D eigenvalue weighted by Gasteiger charge is -2.22. The third-order valence-electron chi connectivity index (χ3n) is 7.38. The number of amidine groups is 1. The van der Waals surface area contributed by atoms with Crippen LogP contribution in [0.1, 0.15) is 37.8 Å². The van der Waals surface area contributed by atoms with E-state index in [4.69, 9.17) is 24.7 Å². The number of nitrogens with two attached hydrogens (primary N) is 1. The standard InChI is InChI=1S/C34H39N3O10S/c1-4-43-34(40)47-23(2)46-31(38)19-25-18-29(37(20-25)48(3,41)42)22-44-30-16-14-27(15-17-30)26-10-12-28(13-11-26)32(35)36-33(39)45-21-24-8-6-5-7-9-24/h5-17,23,25,29H,4,18-22H2,1-3H3,(H2,35,36,39)/t23?,25-,29-/m0/s1. The van der Waals surface area contributed by atoms with E-state index in [1.807, 2.05) is 54.6 Å². The van der Waals surface area contributed by atoms with Gasteiger partial charge in [-0.05, 0) is 48.1 Å². The summed E-state index contributed by atoms with van der Waals surface area (Å²) < 4.78 is 52.1. The number of carbonyl (C=O) groups is 3. The molecule has 1 heterocycles. The van der Waals surface area contributed by atoms with E-state index >= 15 is 0 Å². The highest BCUT2D eigenvalue weighted by molar-refractivity contribution is 7.88. The van der Waals surface area contributed by atoms with Crippen molar-refractivity contribution >= 4 is 34.1 Å². The first kappa shape index (κ1) is 35.9. The second-order valence-electron chi connectivity index (χ2n) is 11.1. The molecule has 13 nitrogen and oxygen atoms in total. The van der Waals surface area contributed by atoms with Crippen LogP contribution in [0, 0.1) is 5.92 Å². The second kappa shape index (κ2) is 16.7. The van der Waals surface area contributed by atoms with Gasteiger partial charge >= 0.3 is 18.2 Å². The van der Waals surface area contributed by atoms with Crippen molar-refractivity contribution in [3.8, 4) is 16.9 Å². The summed E-state index contributed by atoms with van der Waals surface area (Å²) in [6.45, 7) is 3.44. The SMILES string of the molecule is CCOC(=O)OC(C)OC(=O)C[C@@H]1C[C@@H](COc2ccc(-c3ccc(C(N)=NC(=O)OCc4ccccc4)cc3)cc2)N(S(C)(=O)=O)C1. The molecular formula is C34H39N3O10S. The largest absolute Gasteiger partial charge is 0.511 e. The van der Waals surface area contributed by atoms with E-state index in [0.717, 1.165) is 22.9 Å². The molecule has 1 aliphatic rings. The molecule has 0 radical (unpaired) electrons. The second-order valence-corrected chi connectivity index (χ2v) is 13.0. The highest BCUT2D eigenvalue weighted by Gasteiger charge is 2.39. The molecule has 0 saturated carbocycles. The van der Waals surface area contributed by atoms with E-state index < -0.39 is 40.6 Å². The van der Waals surface area contributed by atoms with Crippen LogP contribution < -0.4 is 10.5 Å². The van der Waals surface area contributed by atoms with E-state index in [1.165, 1.54) is 11.2 Å². The van der Waals surface area contributed by atoms with Crippen molar-refractivity contribution in [2.24, 2.45) is 16.6 Å². The lowest BCUT2D eigenvalue weighted by Crippen LogP contribution is -2.38. The van der Waals surface area contributed by atoms with Gasteiger partial charge < -0.3 is 29.4 Å². The zero-order valence-corrected chi connectivity index (χ0v) is 27.8. The van der Waals surface area contributed by atoms with E-state index in [9.17, 15) is 22.8 Å². The Kier molecular flexibility index (Phi) is 12.5. The highest BCUT2D eigenvalue weighted by Crippen LogP contribution is 2.30. The summed E-state index contributed by atoms with van der Waals surface area (Å²) in [7, 11) is -3.57. The Morgan fingerprint density at radius 3 is 2.21 bits per heavy atom. The molecule has 1 aliphatic heterocycles. The number of amides is 1. The maximum absolute atomic E-state index is 12.5. The summed E-state index contributed by atoms with van der Waals surface area (Å²) in [5.41, 5.74) is 9.21. The third-order valence-corrected chi connectivity index (χ3v) is 8.68. The lowest BCUT2D eigenvalue weighted by atomic mass is 10.0. The van der Waals surface area contributed by atoms with Crippen LogP contribution in [0.4, 0.5) is 9.59 Å². The Balaban J connectivity index is 1.29. The number of nitrogens with zero attached hydrogens (tertiary/aromatic N) is 2. The van der Waals surface area contributed by atoms with Crippen LogP contribution in [0.15, 0.2) is 83.9 Å². The third kappa shape index (κ3) is 10.8. The molecular weight excluding hydrogens is 642 g/mol. The minimum Gasteiger partial charge on any atom is -0.492 e. The van der Waals surface area contributed by atoms with Crippen LogP contribution in [0.25, 0.3) is 11.1 Å². The Hall–Kier alpha value is -4.95. The van der Waals surface area contributed by atoms with E-state index in [1.54, 1.807) is 31.2 Å². The van der Waals surface area contributed by atoms with Crippen LogP contribution in [-0.4, -0.2) is 75.1 Å². The van der Waals surface area contributed by atoms with Crippen molar-refractivity contribution in [1.82, 2.24) is 4.31 Å². The number of hydrogen-bond donors (Lipinski definition) is 1. The topological polar surface area (TPSA) is 173 Å². The fraction of sp³-hybridized carbons (Fsp3) is 0.353. The molecule has 14 heteroatoms. The molecule has 2 N–H and O–H groups in total. The van der Waals surface area contributed by atoms with E-state index in [2.05, 4.69) is 9.73 Å². The molecule has 48 heavy (non-hydrogen) atoms. The van der Waals surface area contributed by atoms with Crippen LogP contribution in [0.5, 0.6) is 5.75 Å². The number of sulfonamides is 1. The van der Waals surface area contributed by atoms with E-state index in [0.29, 0.717) is 17.7 Å². The molecule has 3 atom stereocenters. The van der Waals surface area contributed by atoms with Crippen LogP contribution in [0.2, 0.25) is 0 Å². The number of carbonyl (C=O) groups excluding carboxylic acids is 3. The predicted octanol–water partition coefficient (Wildman–Crippen LogP) is 4.88. The number of esters is 1. The lowest BCUT2D eigenvalue weighted by molar-refractivity contribution is -0.168. The Labute approximate surface area is 279 Å². The number of hydrogen-bond acceptors (Lipinski definition) is 10. The number of aliphatic imine (C=N–C) groups is 1. The fourth-order valence-electron chi connectivity index (χ4n) is 5.15. The van der Waals surface area contributed by atoms with Gasteiger partial charge in [-0.2, -0.15) is 9.30 Å². The van der Waals surface area contributed by atoms with Gasteiger partial charge in [0.2, 0.25) is 16.3 Å². The summed E-state index contributed by atoms with van der Waals surface area (Å²) in [5.74, 6) is -0.344. The Bertz CT molecular complexity index is 1680. The summed E-state index contributed by atoms with van der Waals surface area (Å²) in [6, 6.07) is 23.3. The summed E-state index contributed by atoms with van der Waals surface area (Å²) in [6.07, 6.45) is -1.42. The van der Waals surface area contributed by atoms with Gasteiger partial charge in [-0.25, -0.2) is 18.0 Å². The predicted molar refractivity (Wildman–Crippen MR) is 176 cm³/mol. The van der Waals surface area contributed by atoms with Crippen molar-refractivity contribution in [1.29, 1.82) is 0 Å². The van der Waals surface area contributed by atoms with E-state index in [-0.39, 0.29) is 44.5 Å². The molecule has 0 spiro atoms.